The van der Waals surface area contributed by atoms with Crippen LogP contribution in [0.2, 0.25) is 0 Å². The van der Waals surface area contributed by atoms with Crippen molar-refractivity contribution < 1.29 is 14.3 Å². The molecule has 0 aliphatic heterocycles. The summed E-state index contributed by atoms with van der Waals surface area (Å²) in [6.07, 6.45) is 1.53. The summed E-state index contributed by atoms with van der Waals surface area (Å²) < 4.78 is 13.0. The molecule has 0 atom stereocenters. The lowest BCUT2D eigenvalue weighted by Gasteiger charge is -2.10. The van der Waals surface area contributed by atoms with Gasteiger partial charge in [-0.05, 0) is 67.8 Å². The number of hydrogen-bond acceptors (Lipinski definition) is 5. The van der Waals surface area contributed by atoms with Crippen LogP contribution in [0, 0.1) is 0 Å². The van der Waals surface area contributed by atoms with Crippen molar-refractivity contribution in [2.45, 2.75) is 0 Å². The van der Waals surface area contributed by atoms with Crippen LogP contribution in [0.5, 0.6) is 11.5 Å². The van der Waals surface area contributed by atoms with E-state index in [9.17, 15) is 4.79 Å². The van der Waals surface area contributed by atoms with Crippen molar-refractivity contribution >= 4 is 65.6 Å². The smallest absolute Gasteiger partial charge is 0.259 e. The number of rotatable bonds is 7. The molecule has 0 aromatic heterocycles. The molecule has 1 amide bonds. The fourth-order valence-corrected chi connectivity index (χ4v) is 4.57. The van der Waals surface area contributed by atoms with Gasteiger partial charge < -0.3 is 14.8 Å². The minimum absolute atomic E-state index is 0.0715. The lowest BCUT2D eigenvalue weighted by Crippen LogP contribution is -2.26. The number of anilines is 1. The molecular weight excluding hydrogens is 534 g/mol. The lowest BCUT2D eigenvalue weighted by molar-refractivity contribution is -0.119. The summed E-state index contributed by atoms with van der Waals surface area (Å²) in [5, 5.41) is 7.00. The van der Waals surface area contributed by atoms with E-state index in [1.807, 2.05) is 18.2 Å². The zero-order chi connectivity index (χ0) is 19.1. The highest BCUT2D eigenvalue weighted by Crippen LogP contribution is 2.34. The number of benzene rings is 2. The second-order valence-electron chi connectivity index (χ2n) is 5.01. The van der Waals surface area contributed by atoms with Crippen molar-refractivity contribution in [3.63, 3.8) is 0 Å². The molecule has 9 heteroatoms. The topological polar surface area (TPSA) is 72.0 Å². The standard InChI is InChI=1S/C17H16Br3N3O3/c1-25-14-4-3-10(5-15(14)26-2)8-22-23-16(24)9-21-17-12(19)6-11(18)7-13(17)20/h3-8,21H,9H2,1-2H3,(H,23,24). The third-order valence-corrected chi connectivity index (χ3v) is 4.95. The summed E-state index contributed by atoms with van der Waals surface area (Å²) in [6, 6.07) is 9.13. The molecule has 2 aromatic carbocycles. The first-order valence-electron chi connectivity index (χ1n) is 7.37. The van der Waals surface area contributed by atoms with Gasteiger partial charge in [-0.3, -0.25) is 4.79 Å². The Morgan fingerprint density at radius 2 is 1.73 bits per heavy atom. The van der Waals surface area contributed by atoms with Crippen molar-refractivity contribution in [3.05, 3.63) is 49.3 Å². The van der Waals surface area contributed by atoms with Crippen LogP contribution in [0.25, 0.3) is 0 Å². The maximum atomic E-state index is 11.9. The van der Waals surface area contributed by atoms with E-state index in [0.717, 1.165) is 24.7 Å². The minimum Gasteiger partial charge on any atom is -0.493 e. The van der Waals surface area contributed by atoms with Gasteiger partial charge in [0, 0.05) is 13.4 Å². The van der Waals surface area contributed by atoms with Crippen LogP contribution in [0.4, 0.5) is 5.69 Å². The third-order valence-electron chi connectivity index (χ3n) is 3.24. The van der Waals surface area contributed by atoms with Gasteiger partial charge in [0.15, 0.2) is 11.5 Å². The van der Waals surface area contributed by atoms with E-state index in [1.165, 1.54) is 6.21 Å². The number of halogens is 3. The van der Waals surface area contributed by atoms with Crippen molar-refractivity contribution in [2.75, 3.05) is 26.1 Å². The number of nitrogens with zero attached hydrogens (tertiary/aromatic N) is 1. The Balaban J connectivity index is 1.92. The van der Waals surface area contributed by atoms with Crippen LogP contribution >= 0.6 is 47.8 Å². The predicted molar refractivity (Wildman–Crippen MR) is 113 cm³/mol. The first kappa shape index (κ1) is 20.7. The predicted octanol–water partition coefficient (Wildman–Crippen LogP) is 4.55. The van der Waals surface area contributed by atoms with Crippen LogP contribution in [-0.4, -0.2) is 32.9 Å². The van der Waals surface area contributed by atoms with Crippen LogP contribution in [0.15, 0.2) is 48.9 Å². The highest BCUT2D eigenvalue weighted by Gasteiger charge is 2.08. The lowest BCUT2D eigenvalue weighted by atomic mass is 10.2. The zero-order valence-electron chi connectivity index (χ0n) is 14.0. The van der Waals surface area contributed by atoms with E-state index in [4.69, 9.17) is 9.47 Å². The van der Waals surface area contributed by atoms with Gasteiger partial charge in [0.05, 0.1) is 32.7 Å². The van der Waals surface area contributed by atoms with Crippen molar-refractivity contribution in [1.82, 2.24) is 5.43 Å². The Hall–Kier alpha value is -1.58. The molecular formula is C17H16Br3N3O3. The number of carbonyl (C=O) groups is 1. The average molecular weight is 550 g/mol. The summed E-state index contributed by atoms with van der Waals surface area (Å²) in [7, 11) is 3.13. The number of amides is 1. The van der Waals surface area contributed by atoms with E-state index >= 15 is 0 Å². The van der Waals surface area contributed by atoms with E-state index < -0.39 is 0 Å². The molecule has 26 heavy (non-hydrogen) atoms. The molecule has 0 aliphatic carbocycles. The molecule has 0 fully saturated rings. The largest absolute Gasteiger partial charge is 0.493 e. The molecule has 6 nitrogen and oxygen atoms in total. The highest BCUT2D eigenvalue weighted by atomic mass is 79.9. The second kappa shape index (κ2) is 9.94. The Labute approximate surface area is 176 Å². The number of hydrazone groups is 1. The molecule has 2 aromatic rings. The molecule has 0 saturated carbocycles. The Morgan fingerprint density at radius 3 is 2.35 bits per heavy atom. The van der Waals surface area contributed by atoms with Crippen LogP contribution in [0.1, 0.15) is 5.56 Å². The SMILES string of the molecule is COc1ccc(C=NNC(=O)CNc2c(Br)cc(Br)cc2Br)cc1OC. The van der Waals surface area contributed by atoms with Gasteiger partial charge in [0.25, 0.3) is 5.91 Å². The van der Waals surface area contributed by atoms with Gasteiger partial charge in [0.2, 0.25) is 0 Å². The van der Waals surface area contributed by atoms with Gasteiger partial charge in [-0.15, -0.1) is 0 Å². The summed E-state index contributed by atoms with van der Waals surface area (Å²) in [5.74, 6) is 0.946. The Morgan fingerprint density at radius 1 is 1.08 bits per heavy atom. The van der Waals surface area contributed by atoms with Crippen LogP contribution < -0.4 is 20.2 Å². The zero-order valence-corrected chi connectivity index (χ0v) is 18.7. The van der Waals surface area contributed by atoms with Crippen LogP contribution in [0.3, 0.4) is 0 Å². The monoisotopic (exact) mass is 547 g/mol. The quantitative estimate of drug-likeness (QED) is 0.392. The van der Waals surface area contributed by atoms with E-state index in [0.29, 0.717) is 11.5 Å². The van der Waals surface area contributed by atoms with E-state index in [-0.39, 0.29) is 12.5 Å². The first-order valence-corrected chi connectivity index (χ1v) is 9.75. The molecule has 0 saturated heterocycles. The maximum Gasteiger partial charge on any atom is 0.259 e. The average Bonchev–Trinajstić information content (AvgIpc) is 2.60. The summed E-state index contributed by atoms with van der Waals surface area (Å²) in [6.45, 7) is 0.0715. The fraction of sp³-hybridized carbons (Fsp3) is 0.176. The third kappa shape index (κ3) is 5.72. The molecule has 138 valence electrons. The highest BCUT2D eigenvalue weighted by molar-refractivity contribution is 9.11. The molecule has 2 N–H and O–H groups in total. The molecule has 2 rings (SSSR count). The van der Waals surface area contributed by atoms with E-state index in [2.05, 4.69) is 63.6 Å². The van der Waals surface area contributed by atoms with Gasteiger partial charge >= 0.3 is 0 Å². The molecule has 0 unspecified atom stereocenters. The van der Waals surface area contributed by atoms with Gasteiger partial charge in [-0.1, -0.05) is 15.9 Å². The van der Waals surface area contributed by atoms with Gasteiger partial charge in [-0.2, -0.15) is 5.10 Å². The Kier molecular flexibility index (Phi) is 7.92. The van der Waals surface area contributed by atoms with Crippen molar-refractivity contribution in [3.8, 4) is 11.5 Å². The van der Waals surface area contributed by atoms with Gasteiger partial charge in [-0.25, -0.2) is 5.43 Å². The molecule has 0 heterocycles. The number of ether oxygens (including phenoxy) is 2. The van der Waals surface area contributed by atoms with Crippen molar-refractivity contribution in [1.29, 1.82) is 0 Å². The Bertz CT molecular complexity index is 805. The number of carbonyl (C=O) groups excluding carboxylic acids is 1. The molecule has 0 spiro atoms. The van der Waals surface area contributed by atoms with E-state index in [1.54, 1.807) is 26.4 Å². The van der Waals surface area contributed by atoms with Crippen LogP contribution in [-0.2, 0) is 4.79 Å². The molecule has 0 aliphatic rings. The summed E-state index contributed by atoms with van der Waals surface area (Å²) >= 11 is 10.3. The normalized spacial score (nSPS) is 10.7. The second-order valence-corrected chi connectivity index (χ2v) is 7.63. The number of nitrogens with one attached hydrogen (secondary N) is 2. The van der Waals surface area contributed by atoms with Gasteiger partial charge in [0.1, 0.15) is 0 Å². The number of hydrogen-bond donors (Lipinski definition) is 2. The molecule has 0 bridgehead atoms. The first-order chi connectivity index (χ1) is 12.4. The maximum absolute atomic E-state index is 11.9. The fourth-order valence-electron chi connectivity index (χ4n) is 2.03. The molecule has 0 radical (unpaired) electrons. The number of methoxy groups -OCH3 is 2. The van der Waals surface area contributed by atoms with Crippen molar-refractivity contribution in [2.24, 2.45) is 5.10 Å². The summed E-state index contributed by atoms with van der Waals surface area (Å²) in [5.41, 5.74) is 4.03. The summed E-state index contributed by atoms with van der Waals surface area (Å²) in [4.78, 5) is 11.9. The minimum atomic E-state index is -0.275.